The molecule has 0 aliphatic carbocycles. The van der Waals surface area contributed by atoms with Crippen LogP contribution in [0.1, 0.15) is 25.1 Å². The first kappa shape index (κ1) is 16.2. The van der Waals surface area contributed by atoms with E-state index in [4.69, 9.17) is 9.84 Å². The Bertz CT molecular complexity index is 848. The maximum absolute atomic E-state index is 5.53. The summed E-state index contributed by atoms with van der Waals surface area (Å²) >= 11 is 1.56. The van der Waals surface area contributed by atoms with Crippen LogP contribution >= 0.6 is 11.3 Å². The molecule has 0 unspecified atom stereocenters. The molecule has 3 aromatic rings. The third kappa shape index (κ3) is 3.57. The van der Waals surface area contributed by atoms with Crippen molar-refractivity contribution in [3.8, 4) is 16.3 Å². The molecule has 6 nitrogen and oxygen atoms in total. The molecule has 130 valence electrons. The lowest BCUT2D eigenvalue weighted by atomic mass is 10.1. The molecule has 3 heterocycles. The molecule has 1 fully saturated rings. The monoisotopic (exact) mass is 355 g/mol. The lowest BCUT2D eigenvalue weighted by molar-refractivity contribution is 0.214. The first-order valence-electron chi connectivity index (χ1n) is 8.61. The zero-order valence-electron chi connectivity index (χ0n) is 14.1. The Morgan fingerprint density at radius 3 is 2.68 bits per heavy atom. The number of hydrogen-bond donors (Lipinski definition) is 0. The summed E-state index contributed by atoms with van der Waals surface area (Å²) in [6.45, 7) is 7.26. The highest BCUT2D eigenvalue weighted by Gasteiger charge is 2.17. The van der Waals surface area contributed by atoms with Gasteiger partial charge < -0.3 is 4.74 Å². The van der Waals surface area contributed by atoms with E-state index in [1.807, 2.05) is 28.8 Å². The lowest BCUT2D eigenvalue weighted by Gasteiger charge is -2.25. The smallest absolute Gasteiger partial charge is 0.235 e. The van der Waals surface area contributed by atoms with Crippen LogP contribution in [0, 0.1) is 0 Å². The Labute approximate surface area is 150 Å². The minimum atomic E-state index is 0.510. The number of benzene rings is 1. The third-order valence-corrected chi connectivity index (χ3v) is 5.29. The summed E-state index contributed by atoms with van der Waals surface area (Å²) in [6.07, 6.45) is 5.61. The van der Waals surface area contributed by atoms with Crippen LogP contribution in [0.4, 0.5) is 0 Å². The largest absolute Gasteiger partial charge is 0.490 e. The molecule has 0 radical (unpaired) electrons. The first-order valence-corrected chi connectivity index (χ1v) is 9.43. The standard InChI is InChI=1S/C18H21N5OS/c1-2-12-24-15-8-6-14(7-9-15)17-21-23-16(19-20-18(23)25-17)13-22-10-4-3-5-11-22/h2,6-9H,1,3-5,10-13H2. The molecule has 0 spiro atoms. The molecule has 0 atom stereocenters. The van der Waals surface area contributed by atoms with E-state index in [1.54, 1.807) is 17.4 Å². The Kier molecular flexibility index (Phi) is 4.76. The highest BCUT2D eigenvalue weighted by Crippen LogP contribution is 2.27. The van der Waals surface area contributed by atoms with Crippen molar-refractivity contribution in [1.29, 1.82) is 0 Å². The van der Waals surface area contributed by atoms with Gasteiger partial charge in [-0.15, -0.1) is 10.2 Å². The van der Waals surface area contributed by atoms with Crippen molar-refractivity contribution in [2.45, 2.75) is 25.8 Å². The Hall–Kier alpha value is -2.25. The van der Waals surface area contributed by atoms with Crippen LogP contribution in [0.5, 0.6) is 5.75 Å². The molecule has 1 aliphatic heterocycles. The fourth-order valence-corrected chi connectivity index (χ4v) is 3.90. The number of nitrogens with zero attached hydrogens (tertiary/aromatic N) is 5. The Balaban J connectivity index is 1.53. The number of ether oxygens (including phenoxy) is 1. The maximum atomic E-state index is 5.53. The molecule has 2 aromatic heterocycles. The van der Waals surface area contributed by atoms with Gasteiger partial charge in [0, 0.05) is 5.56 Å². The van der Waals surface area contributed by atoms with Gasteiger partial charge in [0.15, 0.2) is 5.82 Å². The van der Waals surface area contributed by atoms with Gasteiger partial charge in [-0.05, 0) is 50.2 Å². The minimum Gasteiger partial charge on any atom is -0.490 e. The van der Waals surface area contributed by atoms with E-state index in [2.05, 4.69) is 21.7 Å². The average Bonchev–Trinajstić information content (AvgIpc) is 3.23. The highest BCUT2D eigenvalue weighted by molar-refractivity contribution is 7.19. The van der Waals surface area contributed by atoms with E-state index in [0.29, 0.717) is 6.61 Å². The third-order valence-electron chi connectivity index (χ3n) is 4.34. The van der Waals surface area contributed by atoms with Gasteiger partial charge in [0.05, 0.1) is 6.54 Å². The van der Waals surface area contributed by atoms with Crippen LogP contribution in [-0.4, -0.2) is 44.4 Å². The predicted octanol–water partition coefficient (Wildman–Crippen LogP) is 3.40. The number of likely N-dealkylation sites (tertiary alicyclic amines) is 1. The molecule has 0 N–H and O–H groups in total. The van der Waals surface area contributed by atoms with E-state index < -0.39 is 0 Å². The lowest BCUT2D eigenvalue weighted by Crippen LogP contribution is -2.30. The molecular formula is C18H21N5OS. The zero-order valence-corrected chi connectivity index (χ0v) is 14.9. The van der Waals surface area contributed by atoms with Crippen molar-refractivity contribution in [3.63, 3.8) is 0 Å². The molecule has 25 heavy (non-hydrogen) atoms. The summed E-state index contributed by atoms with van der Waals surface area (Å²) in [5, 5.41) is 14.3. The van der Waals surface area contributed by atoms with Gasteiger partial charge >= 0.3 is 0 Å². The summed E-state index contributed by atoms with van der Waals surface area (Å²) in [7, 11) is 0. The second kappa shape index (κ2) is 7.33. The van der Waals surface area contributed by atoms with E-state index in [1.165, 1.54) is 19.3 Å². The summed E-state index contributed by atoms with van der Waals surface area (Å²) in [5.74, 6) is 1.75. The molecule has 0 saturated carbocycles. The second-order valence-corrected chi connectivity index (χ2v) is 7.13. The fourth-order valence-electron chi connectivity index (χ4n) is 3.04. The number of fused-ring (bicyclic) bond motifs is 1. The van der Waals surface area contributed by atoms with Gasteiger partial charge in [-0.25, -0.2) is 0 Å². The van der Waals surface area contributed by atoms with Gasteiger partial charge in [-0.1, -0.05) is 30.4 Å². The number of piperidine rings is 1. The van der Waals surface area contributed by atoms with Crippen molar-refractivity contribution in [1.82, 2.24) is 24.7 Å². The topological polar surface area (TPSA) is 55.6 Å². The van der Waals surface area contributed by atoms with E-state index >= 15 is 0 Å². The fraction of sp³-hybridized carbons (Fsp3) is 0.389. The molecule has 7 heteroatoms. The van der Waals surface area contributed by atoms with Crippen LogP contribution in [0.25, 0.3) is 15.5 Å². The molecule has 1 aromatic carbocycles. The molecule has 1 saturated heterocycles. The number of aromatic nitrogens is 4. The maximum Gasteiger partial charge on any atom is 0.235 e. The average molecular weight is 355 g/mol. The van der Waals surface area contributed by atoms with E-state index in [9.17, 15) is 0 Å². The van der Waals surface area contributed by atoms with Crippen molar-refractivity contribution < 1.29 is 4.74 Å². The molecule has 0 amide bonds. The summed E-state index contributed by atoms with van der Waals surface area (Å²) in [4.78, 5) is 3.28. The number of hydrogen-bond acceptors (Lipinski definition) is 6. The molecular weight excluding hydrogens is 334 g/mol. The first-order chi connectivity index (χ1) is 12.3. The van der Waals surface area contributed by atoms with Crippen molar-refractivity contribution in [3.05, 3.63) is 42.7 Å². The van der Waals surface area contributed by atoms with Crippen LogP contribution in [0.2, 0.25) is 0 Å². The molecule has 1 aliphatic rings. The zero-order chi connectivity index (χ0) is 17.1. The van der Waals surface area contributed by atoms with Gasteiger partial charge in [0.2, 0.25) is 4.96 Å². The quantitative estimate of drug-likeness (QED) is 0.634. The summed E-state index contributed by atoms with van der Waals surface area (Å²) < 4.78 is 7.41. The summed E-state index contributed by atoms with van der Waals surface area (Å²) in [6, 6.07) is 7.95. The normalized spacial score (nSPS) is 15.5. The van der Waals surface area contributed by atoms with Gasteiger partial charge in [0.25, 0.3) is 0 Å². The van der Waals surface area contributed by atoms with Crippen LogP contribution in [-0.2, 0) is 6.54 Å². The van der Waals surface area contributed by atoms with Crippen LogP contribution < -0.4 is 4.74 Å². The molecule has 4 rings (SSSR count). The van der Waals surface area contributed by atoms with Gasteiger partial charge in [-0.3, -0.25) is 4.90 Å². The second-order valence-electron chi connectivity index (χ2n) is 6.18. The number of rotatable bonds is 6. The predicted molar refractivity (Wildman–Crippen MR) is 98.9 cm³/mol. The summed E-state index contributed by atoms with van der Waals surface area (Å²) in [5.41, 5.74) is 1.06. The van der Waals surface area contributed by atoms with E-state index in [0.717, 1.165) is 46.7 Å². The Morgan fingerprint density at radius 1 is 1.12 bits per heavy atom. The highest BCUT2D eigenvalue weighted by atomic mass is 32.1. The Morgan fingerprint density at radius 2 is 1.92 bits per heavy atom. The van der Waals surface area contributed by atoms with Crippen molar-refractivity contribution in [2.24, 2.45) is 0 Å². The van der Waals surface area contributed by atoms with E-state index in [-0.39, 0.29) is 0 Å². The van der Waals surface area contributed by atoms with Crippen molar-refractivity contribution in [2.75, 3.05) is 19.7 Å². The SMILES string of the molecule is C=CCOc1ccc(-c2nn3c(CN4CCCCC4)nnc3s2)cc1. The van der Waals surface area contributed by atoms with Crippen molar-refractivity contribution >= 4 is 16.3 Å². The van der Waals surface area contributed by atoms with Crippen LogP contribution in [0.3, 0.4) is 0 Å². The van der Waals surface area contributed by atoms with Crippen LogP contribution in [0.15, 0.2) is 36.9 Å². The minimum absolute atomic E-state index is 0.510. The molecule has 0 bridgehead atoms. The van der Waals surface area contributed by atoms with Gasteiger partial charge in [-0.2, -0.15) is 9.61 Å². The van der Waals surface area contributed by atoms with Gasteiger partial charge in [0.1, 0.15) is 17.4 Å².